The molecule has 0 spiro atoms. The number of hydrogen-bond donors (Lipinski definition) is 1. The number of hydrogen-bond acceptors (Lipinski definition) is 3. The first-order valence-corrected chi connectivity index (χ1v) is 5.80. The summed E-state index contributed by atoms with van der Waals surface area (Å²) in [4.78, 5) is 14.7. The summed E-state index contributed by atoms with van der Waals surface area (Å²) in [7, 11) is 0. The van der Waals surface area contributed by atoms with Crippen molar-refractivity contribution in [2.45, 2.75) is 13.3 Å². The van der Waals surface area contributed by atoms with Crippen molar-refractivity contribution < 1.29 is 27.8 Å². The molecular weight excluding hydrogens is 275 g/mol. The zero-order valence-corrected chi connectivity index (χ0v) is 10.4. The Morgan fingerprint density at radius 3 is 2.60 bits per heavy atom. The van der Waals surface area contributed by atoms with E-state index in [4.69, 9.17) is 9.84 Å². The molecule has 7 heteroatoms. The molecular formula is C13H10F3NO3. The summed E-state index contributed by atoms with van der Waals surface area (Å²) < 4.78 is 45.0. The summed E-state index contributed by atoms with van der Waals surface area (Å²) in [5.74, 6) is -6.21. The maximum Gasteiger partial charge on any atom is 0.341 e. The standard InChI is InChI=1S/C13H10F3NO3/c1-2-3-20-12-7(13(18)19)4-6-5-8(14)9(15)10(16)11(6)17-12/h4-5H,2-3H2,1H3,(H,18,19). The van der Waals surface area contributed by atoms with Gasteiger partial charge in [-0.15, -0.1) is 0 Å². The van der Waals surface area contributed by atoms with E-state index in [0.29, 0.717) is 12.5 Å². The molecule has 0 unspecified atom stereocenters. The molecule has 0 radical (unpaired) electrons. The molecule has 0 atom stereocenters. The van der Waals surface area contributed by atoms with Crippen LogP contribution in [0.2, 0.25) is 0 Å². The molecule has 0 fully saturated rings. The van der Waals surface area contributed by atoms with E-state index in [9.17, 15) is 18.0 Å². The number of fused-ring (bicyclic) bond motifs is 1. The number of pyridine rings is 1. The Labute approximate surface area is 111 Å². The lowest BCUT2D eigenvalue weighted by Crippen LogP contribution is -2.07. The lowest BCUT2D eigenvalue weighted by molar-refractivity contribution is 0.0691. The van der Waals surface area contributed by atoms with E-state index in [0.717, 1.165) is 6.07 Å². The van der Waals surface area contributed by atoms with E-state index in [1.54, 1.807) is 6.92 Å². The second kappa shape index (κ2) is 5.36. The SMILES string of the molecule is CCCOc1nc2c(F)c(F)c(F)cc2cc1C(=O)O. The zero-order chi connectivity index (χ0) is 14.9. The summed E-state index contributed by atoms with van der Waals surface area (Å²) in [6, 6.07) is 1.69. The van der Waals surface area contributed by atoms with Crippen LogP contribution < -0.4 is 4.74 Å². The van der Waals surface area contributed by atoms with Crippen molar-refractivity contribution in [1.29, 1.82) is 0 Å². The maximum absolute atomic E-state index is 13.6. The largest absolute Gasteiger partial charge is 0.477 e. The Balaban J connectivity index is 2.71. The molecule has 1 N–H and O–H groups in total. The van der Waals surface area contributed by atoms with Crippen LogP contribution in [-0.4, -0.2) is 22.7 Å². The average molecular weight is 285 g/mol. The number of halogens is 3. The maximum atomic E-state index is 13.6. The van der Waals surface area contributed by atoms with Crippen molar-refractivity contribution in [1.82, 2.24) is 4.98 Å². The van der Waals surface area contributed by atoms with Gasteiger partial charge in [-0.05, 0) is 18.6 Å². The first-order chi connectivity index (χ1) is 9.45. The van der Waals surface area contributed by atoms with Crippen LogP contribution in [0, 0.1) is 17.5 Å². The number of benzene rings is 1. The van der Waals surface area contributed by atoms with Crippen molar-refractivity contribution >= 4 is 16.9 Å². The Bertz CT molecular complexity index is 688. The molecule has 0 bridgehead atoms. The molecule has 4 nitrogen and oxygen atoms in total. The quantitative estimate of drug-likeness (QED) is 0.877. The van der Waals surface area contributed by atoms with Gasteiger partial charge in [0.2, 0.25) is 5.88 Å². The molecule has 106 valence electrons. The van der Waals surface area contributed by atoms with Gasteiger partial charge < -0.3 is 9.84 Å². The molecule has 2 rings (SSSR count). The lowest BCUT2D eigenvalue weighted by atomic mass is 10.1. The number of nitrogens with zero attached hydrogens (tertiary/aromatic N) is 1. The smallest absolute Gasteiger partial charge is 0.341 e. The molecule has 1 aromatic carbocycles. The number of aromatic carboxylic acids is 1. The fourth-order valence-electron chi connectivity index (χ4n) is 1.67. The van der Waals surface area contributed by atoms with E-state index in [-0.39, 0.29) is 23.4 Å². The van der Waals surface area contributed by atoms with Crippen molar-refractivity contribution in [2.75, 3.05) is 6.61 Å². The summed E-state index contributed by atoms with van der Waals surface area (Å²) in [6.07, 6.45) is 0.582. The Morgan fingerprint density at radius 2 is 2.00 bits per heavy atom. The number of aromatic nitrogens is 1. The first kappa shape index (κ1) is 14.1. The molecule has 20 heavy (non-hydrogen) atoms. The fraction of sp³-hybridized carbons (Fsp3) is 0.231. The molecule has 1 aromatic heterocycles. The van der Waals surface area contributed by atoms with Crippen molar-refractivity contribution in [3.63, 3.8) is 0 Å². The van der Waals surface area contributed by atoms with Gasteiger partial charge in [0.05, 0.1) is 6.61 Å². The monoisotopic (exact) mass is 285 g/mol. The molecule has 0 saturated heterocycles. The average Bonchev–Trinajstić information content (AvgIpc) is 2.42. The predicted octanol–water partition coefficient (Wildman–Crippen LogP) is 3.14. The third-order valence-electron chi connectivity index (χ3n) is 2.58. The summed E-state index contributed by atoms with van der Waals surface area (Å²) >= 11 is 0. The highest BCUT2D eigenvalue weighted by molar-refractivity contribution is 5.95. The molecule has 0 amide bonds. The summed E-state index contributed by atoms with van der Waals surface area (Å²) in [5.41, 5.74) is -0.809. The normalized spacial score (nSPS) is 10.8. The molecule has 0 aliphatic carbocycles. The number of carbonyl (C=O) groups is 1. The van der Waals surface area contributed by atoms with E-state index in [2.05, 4.69) is 4.98 Å². The van der Waals surface area contributed by atoms with Gasteiger partial charge in [0.1, 0.15) is 11.1 Å². The third kappa shape index (κ3) is 2.38. The Morgan fingerprint density at radius 1 is 1.30 bits per heavy atom. The van der Waals surface area contributed by atoms with Crippen LogP contribution in [0.1, 0.15) is 23.7 Å². The van der Waals surface area contributed by atoms with Gasteiger partial charge in [0, 0.05) is 5.39 Å². The molecule has 0 saturated carbocycles. The van der Waals surface area contributed by atoms with Crippen LogP contribution in [-0.2, 0) is 0 Å². The number of carboxylic acid groups (broad SMARTS) is 1. The number of carboxylic acids is 1. The van der Waals surface area contributed by atoms with E-state index in [1.807, 2.05) is 0 Å². The van der Waals surface area contributed by atoms with Crippen LogP contribution in [0.15, 0.2) is 12.1 Å². The minimum absolute atomic E-state index is 0.150. The Hall–Kier alpha value is -2.31. The lowest BCUT2D eigenvalue weighted by Gasteiger charge is -2.09. The van der Waals surface area contributed by atoms with Crippen molar-refractivity contribution in [2.24, 2.45) is 0 Å². The van der Waals surface area contributed by atoms with Gasteiger partial charge in [-0.25, -0.2) is 22.9 Å². The molecule has 1 heterocycles. The second-order valence-corrected chi connectivity index (χ2v) is 4.05. The molecule has 2 aromatic rings. The summed E-state index contributed by atoms with van der Waals surface area (Å²) in [5, 5.41) is 8.89. The van der Waals surface area contributed by atoms with Gasteiger partial charge in [-0.3, -0.25) is 0 Å². The minimum Gasteiger partial charge on any atom is -0.477 e. The Kier molecular flexibility index (Phi) is 3.78. The highest BCUT2D eigenvalue weighted by atomic mass is 19.2. The summed E-state index contributed by atoms with van der Waals surface area (Å²) in [6.45, 7) is 1.96. The topological polar surface area (TPSA) is 59.4 Å². The van der Waals surface area contributed by atoms with Gasteiger partial charge >= 0.3 is 5.97 Å². The van der Waals surface area contributed by atoms with E-state index in [1.165, 1.54) is 0 Å². The van der Waals surface area contributed by atoms with Crippen LogP contribution in [0.3, 0.4) is 0 Å². The molecule has 0 aliphatic rings. The van der Waals surface area contributed by atoms with E-state index < -0.39 is 28.9 Å². The second-order valence-electron chi connectivity index (χ2n) is 4.05. The van der Waals surface area contributed by atoms with E-state index >= 15 is 0 Å². The van der Waals surface area contributed by atoms with Gasteiger partial charge in [0.25, 0.3) is 0 Å². The third-order valence-corrected chi connectivity index (χ3v) is 2.58. The van der Waals surface area contributed by atoms with Crippen molar-refractivity contribution in [3.8, 4) is 5.88 Å². The first-order valence-electron chi connectivity index (χ1n) is 5.80. The predicted molar refractivity (Wildman–Crippen MR) is 64.4 cm³/mol. The zero-order valence-electron chi connectivity index (χ0n) is 10.4. The van der Waals surface area contributed by atoms with Crippen LogP contribution in [0.4, 0.5) is 13.2 Å². The van der Waals surface area contributed by atoms with Crippen LogP contribution >= 0.6 is 0 Å². The fourth-order valence-corrected chi connectivity index (χ4v) is 1.67. The highest BCUT2D eigenvalue weighted by Gasteiger charge is 2.20. The highest BCUT2D eigenvalue weighted by Crippen LogP contribution is 2.27. The van der Waals surface area contributed by atoms with Gasteiger partial charge in [-0.2, -0.15) is 0 Å². The number of ether oxygens (including phenoxy) is 1. The number of rotatable bonds is 4. The van der Waals surface area contributed by atoms with Gasteiger partial charge in [0.15, 0.2) is 17.5 Å². The van der Waals surface area contributed by atoms with Gasteiger partial charge in [-0.1, -0.05) is 6.92 Å². The minimum atomic E-state index is -1.66. The van der Waals surface area contributed by atoms with Crippen LogP contribution in [0.25, 0.3) is 10.9 Å². The van der Waals surface area contributed by atoms with Crippen LogP contribution in [0.5, 0.6) is 5.88 Å². The molecule has 0 aliphatic heterocycles. The van der Waals surface area contributed by atoms with Crippen molar-refractivity contribution in [3.05, 3.63) is 35.1 Å².